The van der Waals surface area contributed by atoms with E-state index in [2.05, 4.69) is 18.7 Å². The lowest BCUT2D eigenvalue weighted by Crippen LogP contribution is -2.45. The number of likely N-dealkylation sites (tertiary alicyclic amines) is 1. The maximum atomic E-state index is 13.7. The third-order valence-corrected chi connectivity index (χ3v) is 6.67. The van der Waals surface area contributed by atoms with Crippen molar-refractivity contribution in [2.45, 2.75) is 65.3 Å². The van der Waals surface area contributed by atoms with Gasteiger partial charge in [0.05, 0.1) is 12.2 Å². The average molecular weight is 411 g/mol. The molecule has 2 unspecified atom stereocenters. The molecule has 1 aromatic carbocycles. The number of amides is 2. The summed E-state index contributed by atoms with van der Waals surface area (Å²) < 4.78 is 5.57. The van der Waals surface area contributed by atoms with Gasteiger partial charge in [0.1, 0.15) is 11.4 Å². The molecule has 1 saturated carbocycles. The van der Waals surface area contributed by atoms with Crippen molar-refractivity contribution in [3.63, 3.8) is 0 Å². The maximum absolute atomic E-state index is 13.7. The largest absolute Gasteiger partial charge is 0.494 e. The predicted molar refractivity (Wildman–Crippen MR) is 118 cm³/mol. The van der Waals surface area contributed by atoms with E-state index in [4.69, 9.17) is 4.74 Å². The van der Waals surface area contributed by atoms with Crippen LogP contribution in [0.2, 0.25) is 0 Å². The number of carbonyl (C=O) groups excluding carboxylic acids is 2. The number of hydrogen-bond donors (Lipinski definition) is 0. The van der Waals surface area contributed by atoms with Crippen LogP contribution in [0.3, 0.4) is 0 Å². The number of rotatable bonds is 5. The van der Waals surface area contributed by atoms with Crippen LogP contribution in [-0.2, 0) is 9.59 Å². The quantitative estimate of drug-likeness (QED) is 0.672. The fourth-order valence-corrected chi connectivity index (χ4v) is 5.49. The zero-order valence-corrected chi connectivity index (χ0v) is 18.5. The molecule has 1 aromatic rings. The lowest BCUT2D eigenvalue weighted by Gasteiger charge is -2.37. The van der Waals surface area contributed by atoms with Crippen LogP contribution in [0.1, 0.15) is 64.9 Å². The Labute approximate surface area is 180 Å². The number of ether oxygens (including phenoxy) is 1. The van der Waals surface area contributed by atoms with Crippen LogP contribution in [0.25, 0.3) is 5.57 Å². The Morgan fingerprint density at radius 2 is 1.57 bits per heavy atom. The lowest BCUT2D eigenvalue weighted by atomic mass is 9.91. The molecule has 0 bridgehead atoms. The minimum Gasteiger partial charge on any atom is -0.494 e. The van der Waals surface area contributed by atoms with Gasteiger partial charge in [-0.1, -0.05) is 45.2 Å². The third-order valence-electron chi connectivity index (χ3n) is 6.67. The first-order valence-electron chi connectivity index (χ1n) is 11.6. The van der Waals surface area contributed by atoms with E-state index in [1.54, 1.807) is 4.90 Å². The Balaban J connectivity index is 1.73. The topological polar surface area (TPSA) is 49.9 Å². The highest BCUT2D eigenvalue weighted by Gasteiger charge is 2.45. The van der Waals surface area contributed by atoms with Crippen molar-refractivity contribution >= 4 is 17.4 Å². The second-order valence-electron chi connectivity index (χ2n) is 9.30. The summed E-state index contributed by atoms with van der Waals surface area (Å²) >= 11 is 0. The fourth-order valence-electron chi connectivity index (χ4n) is 5.49. The molecule has 3 aliphatic rings. The number of benzene rings is 1. The lowest BCUT2D eigenvalue weighted by molar-refractivity contribution is -0.141. The monoisotopic (exact) mass is 410 g/mol. The van der Waals surface area contributed by atoms with Crippen LogP contribution in [0.15, 0.2) is 30.0 Å². The molecular formula is C25H34N2O3. The Hall–Kier alpha value is -2.30. The summed E-state index contributed by atoms with van der Waals surface area (Å²) in [5.41, 5.74) is 2.01. The molecule has 0 aromatic heterocycles. The molecule has 0 N–H and O–H groups in total. The van der Waals surface area contributed by atoms with Crippen LogP contribution >= 0.6 is 0 Å². The van der Waals surface area contributed by atoms with Crippen molar-refractivity contribution in [2.75, 3.05) is 19.7 Å². The molecule has 2 amide bonds. The first kappa shape index (κ1) is 21.0. The Kier molecular flexibility index (Phi) is 6.16. The highest BCUT2D eigenvalue weighted by molar-refractivity contribution is 6.35. The fraction of sp³-hybridized carbons (Fsp3) is 0.600. The van der Waals surface area contributed by atoms with Crippen molar-refractivity contribution in [1.82, 2.24) is 9.80 Å². The van der Waals surface area contributed by atoms with Crippen LogP contribution in [0.4, 0.5) is 0 Å². The minimum absolute atomic E-state index is 0.0357. The molecule has 1 aliphatic carbocycles. The highest BCUT2D eigenvalue weighted by atomic mass is 16.5. The second-order valence-corrected chi connectivity index (χ2v) is 9.30. The molecule has 2 fully saturated rings. The molecule has 162 valence electrons. The molecule has 5 heteroatoms. The molecule has 2 aliphatic heterocycles. The van der Waals surface area contributed by atoms with Crippen molar-refractivity contribution in [3.8, 4) is 5.75 Å². The normalized spacial score (nSPS) is 26.0. The Bertz CT molecular complexity index is 813. The molecule has 30 heavy (non-hydrogen) atoms. The zero-order chi connectivity index (χ0) is 21.3. The molecule has 1 saturated heterocycles. The Morgan fingerprint density at radius 1 is 0.933 bits per heavy atom. The SMILES string of the molecule is CCOc1ccc(C2=C(N3CC(C)CC(C)C3)C(=O)N(C3CCCCC3)C2=O)cc1. The smallest absolute Gasteiger partial charge is 0.278 e. The van der Waals surface area contributed by atoms with Gasteiger partial charge in [-0.3, -0.25) is 14.5 Å². The van der Waals surface area contributed by atoms with Gasteiger partial charge in [0.2, 0.25) is 0 Å². The first-order chi connectivity index (χ1) is 14.5. The Morgan fingerprint density at radius 3 is 2.17 bits per heavy atom. The van der Waals surface area contributed by atoms with Crippen molar-refractivity contribution in [3.05, 3.63) is 35.5 Å². The van der Waals surface area contributed by atoms with Crippen LogP contribution in [0.5, 0.6) is 5.75 Å². The van der Waals surface area contributed by atoms with Crippen molar-refractivity contribution in [1.29, 1.82) is 0 Å². The van der Waals surface area contributed by atoms with Gasteiger partial charge in [-0.2, -0.15) is 0 Å². The molecule has 5 nitrogen and oxygen atoms in total. The van der Waals surface area contributed by atoms with Gasteiger partial charge in [-0.25, -0.2) is 0 Å². The second kappa shape index (κ2) is 8.83. The van der Waals surface area contributed by atoms with E-state index in [0.717, 1.165) is 56.5 Å². The van der Waals surface area contributed by atoms with E-state index < -0.39 is 0 Å². The van der Waals surface area contributed by atoms with E-state index in [1.165, 1.54) is 6.42 Å². The summed E-state index contributed by atoms with van der Waals surface area (Å²) in [5, 5.41) is 0. The number of piperidine rings is 1. The van der Waals surface area contributed by atoms with Crippen molar-refractivity contribution < 1.29 is 14.3 Å². The van der Waals surface area contributed by atoms with Gasteiger partial charge in [0.15, 0.2) is 0 Å². The van der Waals surface area contributed by atoms with Crippen LogP contribution in [-0.4, -0.2) is 47.4 Å². The molecule has 2 heterocycles. The van der Waals surface area contributed by atoms with Gasteiger partial charge in [0, 0.05) is 19.1 Å². The third kappa shape index (κ3) is 3.99. The average Bonchev–Trinajstić information content (AvgIpc) is 2.99. The van der Waals surface area contributed by atoms with E-state index in [1.807, 2.05) is 31.2 Å². The molecular weight excluding hydrogens is 376 g/mol. The van der Waals surface area contributed by atoms with E-state index >= 15 is 0 Å². The van der Waals surface area contributed by atoms with Gasteiger partial charge in [-0.15, -0.1) is 0 Å². The molecule has 0 radical (unpaired) electrons. The summed E-state index contributed by atoms with van der Waals surface area (Å²) in [6, 6.07) is 7.67. The van der Waals surface area contributed by atoms with E-state index in [9.17, 15) is 9.59 Å². The predicted octanol–water partition coefficient (Wildman–Crippen LogP) is 4.48. The summed E-state index contributed by atoms with van der Waals surface area (Å²) in [6.45, 7) is 8.69. The summed E-state index contributed by atoms with van der Waals surface area (Å²) in [5.74, 6) is 1.60. The summed E-state index contributed by atoms with van der Waals surface area (Å²) in [7, 11) is 0. The number of nitrogens with zero attached hydrogens (tertiary/aromatic N) is 2. The molecule has 0 spiro atoms. The maximum Gasteiger partial charge on any atom is 0.278 e. The molecule has 4 rings (SSSR count). The van der Waals surface area contributed by atoms with E-state index in [0.29, 0.717) is 29.7 Å². The number of carbonyl (C=O) groups is 2. The molecule has 2 atom stereocenters. The van der Waals surface area contributed by atoms with Crippen molar-refractivity contribution in [2.24, 2.45) is 11.8 Å². The number of imide groups is 1. The standard InChI is InChI=1S/C25H34N2O3/c1-4-30-21-12-10-19(11-13-21)22-23(26-15-17(2)14-18(3)16-26)25(29)27(24(22)28)20-8-6-5-7-9-20/h10-13,17-18,20H,4-9,14-16H2,1-3H3. The van der Waals surface area contributed by atoms with Gasteiger partial charge < -0.3 is 9.64 Å². The first-order valence-corrected chi connectivity index (χ1v) is 11.6. The summed E-state index contributed by atoms with van der Waals surface area (Å²) in [4.78, 5) is 31.1. The highest BCUT2D eigenvalue weighted by Crippen LogP contribution is 2.38. The number of hydrogen-bond acceptors (Lipinski definition) is 4. The van der Waals surface area contributed by atoms with Gasteiger partial charge >= 0.3 is 0 Å². The minimum atomic E-state index is -0.114. The van der Waals surface area contributed by atoms with Gasteiger partial charge in [-0.05, 0) is 55.7 Å². The zero-order valence-electron chi connectivity index (χ0n) is 18.5. The van der Waals surface area contributed by atoms with Crippen LogP contribution < -0.4 is 4.74 Å². The summed E-state index contributed by atoms with van der Waals surface area (Å²) in [6.07, 6.45) is 6.39. The van der Waals surface area contributed by atoms with Gasteiger partial charge in [0.25, 0.3) is 11.8 Å². The van der Waals surface area contributed by atoms with Crippen LogP contribution in [0, 0.1) is 11.8 Å². The van der Waals surface area contributed by atoms with E-state index in [-0.39, 0.29) is 17.9 Å².